The number of nitrogens with two attached hydrogens (primary N) is 1. The molecular formula is C13H20N4O3. The molecule has 2 rings (SSSR count). The number of ether oxygens (including phenoxy) is 1. The van der Waals surface area contributed by atoms with E-state index in [-0.39, 0.29) is 12.1 Å². The summed E-state index contributed by atoms with van der Waals surface area (Å²) in [5, 5.41) is 12.7. The van der Waals surface area contributed by atoms with E-state index in [1.54, 1.807) is 6.07 Å². The van der Waals surface area contributed by atoms with Crippen LogP contribution in [0.1, 0.15) is 13.3 Å². The Bertz CT molecular complexity index is 467. The predicted molar refractivity (Wildman–Crippen MR) is 75.8 cm³/mol. The van der Waals surface area contributed by atoms with Gasteiger partial charge in [0.2, 0.25) is 0 Å². The van der Waals surface area contributed by atoms with Gasteiger partial charge in [-0.1, -0.05) is 0 Å². The molecule has 0 spiro atoms. The number of anilines is 2. The van der Waals surface area contributed by atoms with E-state index in [0.29, 0.717) is 30.9 Å². The zero-order valence-electron chi connectivity index (χ0n) is 11.5. The van der Waals surface area contributed by atoms with Crippen molar-refractivity contribution in [2.24, 2.45) is 0 Å². The molecule has 1 aromatic rings. The first kappa shape index (κ1) is 14.5. The molecule has 4 N–H and O–H groups in total. The van der Waals surface area contributed by atoms with Gasteiger partial charge in [0.1, 0.15) is 0 Å². The SMILES string of the molecule is CCO[C@H]1CNC[C@@H](N(C(=O)O)c2ccncc2N)C1. The highest BCUT2D eigenvalue weighted by atomic mass is 16.5. The number of hydrogen-bond acceptors (Lipinski definition) is 5. The third kappa shape index (κ3) is 3.17. The van der Waals surface area contributed by atoms with Gasteiger partial charge in [0.05, 0.1) is 29.7 Å². The minimum absolute atomic E-state index is 0.0173. The highest BCUT2D eigenvalue weighted by Crippen LogP contribution is 2.26. The van der Waals surface area contributed by atoms with E-state index in [2.05, 4.69) is 10.3 Å². The Morgan fingerprint density at radius 2 is 2.45 bits per heavy atom. The smallest absolute Gasteiger partial charge is 0.412 e. The molecule has 1 aromatic heterocycles. The minimum atomic E-state index is -1.02. The molecule has 110 valence electrons. The van der Waals surface area contributed by atoms with E-state index < -0.39 is 6.09 Å². The lowest BCUT2D eigenvalue weighted by Gasteiger charge is -2.36. The molecule has 1 amide bonds. The maximum Gasteiger partial charge on any atom is 0.412 e. The van der Waals surface area contributed by atoms with Gasteiger partial charge in [-0.3, -0.25) is 9.88 Å². The van der Waals surface area contributed by atoms with E-state index in [1.165, 1.54) is 17.3 Å². The number of nitrogens with one attached hydrogen (secondary N) is 1. The number of amides is 1. The average molecular weight is 280 g/mol. The number of pyridine rings is 1. The van der Waals surface area contributed by atoms with Crippen LogP contribution >= 0.6 is 0 Å². The molecule has 0 saturated carbocycles. The lowest BCUT2D eigenvalue weighted by atomic mass is 10.0. The first-order valence-electron chi connectivity index (χ1n) is 6.67. The maximum atomic E-state index is 11.6. The van der Waals surface area contributed by atoms with Crippen molar-refractivity contribution in [2.45, 2.75) is 25.5 Å². The van der Waals surface area contributed by atoms with Crippen molar-refractivity contribution < 1.29 is 14.6 Å². The highest BCUT2D eigenvalue weighted by molar-refractivity contribution is 5.90. The van der Waals surface area contributed by atoms with Gasteiger partial charge in [-0.25, -0.2) is 4.79 Å². The molecule has 1 aliphatic heterocycles. The van der Waals surface area contributed by atoms with Crippen LogP contribution in [0.15, 0.2) is 18.5 Å². The second-order valence-electron chi connectivity index (χ2n) is 4.71. The summed E-state index contributed by atoms with van der Waals surface area (Å²) in [7, 11) is 0. The van der Waals surface area contributed by atoms with Gasteiger partial charge < -0.3 is 20.9 Å². The third-order valence-corrected chi connectivity index (χ3v) is 3.35. The van der Waals surface area contributed by atoms with Crippen LogP contribution < -0.4 is 16.0 Å². The fourth-order valence-electron chi connectivity index (χ4n) is 2.52. The molecule has 0 radical (unpaired) electrons. The number of carboxylic acid groups (broad SMARTS) is 1. The molecule has 1 aliphatic rings. The molecule has 2 atom stereocenters. The molecule has 1 fully saturated rings. The molecule has 7 heteroatoms. The Labute approximate surface area is 117 Å². The van der Waals surface area contributed by atoms with Crippen LogP contribution in [0.2, 0.25) is 0 Å². The van der Waals surface area contributed by atoms with Gasteiger partial charge in [0.25, 0.3) is 0 Å². The minimum Gasteiger partial charge on any atom is -0.465 e. The summed E-state index contributed by atoms with van der Waals surface area (Å²) >= 11 is 0. The molecule has 0 unspecified atom stereocenters. The third-order valence-electron chi connectivity index (χ3n) is 3.35. The monoisotopic (exact) mass is 280 g/mol. The van der Waals surface area contributed by atoms with Gasteiger partial charge in [-0.2, -0.15) is 0 Å². The van der Waals surface area contributed by atoms with Crippen LogP contribution in [0.3, 0.4) is 0 Å². The number of carbonyl (C=O) groups is 1. The number of aromatic nitrogens is 1. The Balaban J connectivity index is 2.21. The molecule has 1 saturated heterocycles. The van der Waals surface area contributed by atoms with Crippen LogP contribution in [-0.4, -0.2) is 48.0 Å². The Hall–Kier alpha value is -1.86. The lowest BCUT2D eigenvalue weighted by molar-refractivity contribution is 0.0399. The molecule has 7 nitrogen and oxygen atoms in total. The van der Waals surface area contributed by atoms with E-state index in [9.17, 15) is 9.90 Å². The summed E-state index contributed by atoms with van der Waals surface area (Å²) in [5.74, 6) is 0. The summed E-state index contributed by atoms with van der Waals surface area (Å²) in [6.07, 6.45) is 2.64. The second-order valence-corrected chi connectivity index (χ2v) is 4.71. The molecule has 2 heterocycles. The first-order valence-corrected chi connectivity index (χ1v) is 6.67. The van der Waals surface area contributed by atoms with E-state index >= 15 is 0 Å². The van der Waals surface area contributed by atoms with Crippen LogP contribution in [0.25, 0.3) is 0 Å². The van der Waals surface area contributed by atoms with Crippen LogP contribution in [0, 0.1) is 0 Å². The van der Waals surface area contributed by atoms with Crippen LogP contribution in [-0.2, 0) is 4.74 Å². The zero-order chi connectivity index (χ0) is 14.5. The van der Waals surface area contributed by atoms with E-state index in [0.717, 1.165) is 6.54 Å². The van der Waals surface area contributed by atoms with Crippen molar-refractivity contribution >= 4 is 17.5 Å². The molecule has 0 aliphatic carbocycles. The molecule has 20 heavy (non-hydrogen) atoms. The van der Waals surface area contributed by atoms with Gasteiger partial charge in [0, 0.05) is 25.9 Å². The fourth-order valence-corrected chi connectivity index (χ4v) is 2.52. The average Bonchev–Trinajstić information content (AvgIpc) is 2.42. The van der Waals surface area contributed by atoms with Crippen molar-refractivity contribution in [2.75, 3.05) is 30.3 Å². The van der Waals surface area contributed by atoms with Gasteiger partial charge in [-0.15, -0.1) is 0 Å². The van der Waals surface area contributed by atoms with Gasteiger partial charge in [-0.05, 0) is 19.4 Å². The maximum absolute atomic E-state index is 11.6. The van der Waals surface area contributed by atoms with E-state index in [4.69, 9.17) is 10.5 Å². The first-order chi connectivity index (χ1) is 9.63. The normalized spacial score (nSPS) is 22.4. The molecular weight excluding hydrogens is 260 g/mol. The Kier molecular flexibility index (Phi) is 4.75. The van der Waals surface area contributed by atoms with Crippen molar-refractivity contribution in [3.05, 3.63) is 18.5 Å². The number of rotatable bonds is 4. The quantitative estimate of drug-likeness (QED) is 0.758. The Morgan fingerprint density at radius 1 is 1.65 bits per heavy atom. The predicted octanol–water partition coefficient (Wildman–Crippen LogP) is 0.915. The summed E-state index contributed by atoms with van der Waals surface area (Å²) in [6, 6.07) is 1.41. The van der Waals surface area contributed by atoms with E-state index in [1.807, 2.05) is 6.92 Å². The van der Waals surface area contributed by atoms with Crippen molar-refractivity contribution in [1.29, 1.82) is 0 Å². The molecule has 0 bridgehead atoms. The summed E-state index contributed by atoms with van der Waals surface area (Å²) in [5.41, 5.74) is 6.66. The standard InChI is InChI=1S/C13H20N4O3/c1-2-20-10-5-9(6-16-7-10)17(13(18)19)12-3-4-15-8-11(12)14/h3-4,8-10,16H,2,5-7,14H2,1H3,(H,18,19)/t9-,10+/m0/s1. The number of nitrogen functional groups attached to an aromatic ring is 1. The summed E-state index contributed by atoms with van der Waals surface area (Å²) in [6.45, 7) is 3.87. The highest BCUT2D eigenvalue weighted by Gasteiger charge is 2.31. The summed E-state index contributed by atoms with van der Waals surface area (Å²) < 4.78 is 5.58. The second kappa shape index (κ2) is 6.53. The van der Waals surface area contributed by atoms with Crippen LogP contribution in [0.5, 0.6) is 0 Å². The topological polar surface area (TPSA) is 101 Å². The lowest BCUT2D eigenvalue weighted by Crippen LogP contribution is -2.53. The number of nitrogens with zero attached hydrogens (tertiary/aromatic N) is 2. The van der Waals surface area contributed by atoms with Crippen molar-refractivity contribution in [3.8, 4) is 0 Å². The number of piperidine rings is 1. The zero-order valence-corrected chi connectivity index (χ0v) is 11.5. The van der Waals surface area contributed by atoms with Gasteiger partial charge in [0.15, 0.2) is 0 Å². The Morgan fingerprint density at radius 3 is 3.10 bits per heavy atom. The van der Waals surface area contributed by atoms with Crippen LogP contribution in [0.4, 0.5) is 16.2 Å². The summed E-state index contributed by atoms with van der Waals surface area (Å²) in [4.78, 5) is 16.8. The van der Waals surface area contributed by atoms with Gasteiger partial charge >= 0.3 is 6.09 Å². The van der Waals surface area contributed by atoms with Crippen molar-refractivity contribution in [3.63, 3.8) is 0 Å². The largest absolute Gasteiger partial charge is 0.465 e. The van der Waals surface area contributed by atoms with Crippen molar-refractivity contribution in [1.82, 2.24) is 10.3 Å². The number of hydrogen-bond donors (Lipinski definition) is 3. The molecule has 0 aromatic carbocycles. The fraction of sp³-hybridized carbons (Fsp3) is 0.538.